The smallest absolute Gasteiger partial charge is 0.128 e. The van der Waals surface area contributed by atoms with E-state index in [1.807, 2.05) is 20.8 Å². The Morgan fingerprint density at radius 1 is 1.00 bits per heavy atom. The third-order valence-corrected chi connectivity index (χ3v) is 0.622. The summed E-state index contributed by atoms with van der Waals surface area (Å²) in [7, 11) is 0. The van der Waals surface area contributed by atoms with Gasteiger partial charge in [-0.15, -0.1) is 0 Å². The quantitative estimate of drug-likeness (QED) is 0.580. The SMILES string of the molecule is C.C.CC.Cc1ncncn1. The molecule has 0 saturated carbocycles. The molecule has 11 heavy (non-hydrogen) atoms. The first kappa shape index (κ1) is 16.5. The van der Waals surface area contributed by atoms with E-state index in [4.69, 9.17) is 0 Å². The number of aryl methyl sites for hydroxylation is 1. The highest BCUT2D eigenvalue weighted by Gasteiger charge is 1.75. The molecule has 3 nitrogen and oxygen atoms in total. The Balaban J connectivity index is -0.000000149. The van der Waals surface area contributed by atoms with E-state index in [0.717, 1.165) is 5.82 Å². The average molecular weight is 157 g/mol. The number of rotatable bonds is 0. The molecule has 1 rings (SSSR count). The lowest BCUT2D eigenvalue weighted by atomic mass is 10.7. The van der Waals surface area contributed by atoms with Crippen LogP contribution in [0.5, 0.6) is 0 Å². The van der Waals surface area contributed by atoms with E-state index < -0.39 is 0 Å². The second-order valence-electron chi connectivity index (χ2n) is 1.19. The average Bonchev–Trinajstić information content (AvgIpc) is 1.94. The van der Waals surface area contributed by atoms with Gasteiger partial charge in [-0.2, -0.15) is 0 Å². The van der Waals surface area contributed by atoms with Gasteiger partial charge < -0.3 is 0 Å². The van der Waals surface area contributed by atoms with E-state index in [1.165, 1.54) is 12.7 Å². The van der Waals surface area contributed by atoms with E-state index in [0.29, 0.717) is 0 Å². The molecule has 1 heterocycles. The van der Waals surface area contributed by atoms with Crippen molar-refractivity contribution < 1.29 is 0 Å². The molecule has 0 N–H and O–H groups in total. The summed E-state index contributed by atoms with van der Waals surface area (Å²) in [4.78, 5) is 11.1. The maximum Gasteiger partial charge on any atom is 0.128 e. The molecule has 0 aliphatic rings. The molecule has 0 aromatic carbocycles. The minimum Gasteiger partial charge on any atom is -0.225 e. The van der Waals surface area contributed by atoms with Gasteiger partial charge in [-0.3, -0.25) is 0 Å². The number of aromatic nitrogens is 3. The molecule has 0 amide bonds. The van der Waals surface area contributed by atoms with E-state index in [-0.39, 0.29) is 14.9 Å². The first-order chi connectivity index (χ1) is 4.39. The second-order valence-corrected chi connectivity index (χ2v) is 1.19. The Kier molecular flexibility index (Phi) is 17.7. The van der Waals surface area contributed by atoms with Crippen LogP contribution in [0.2, 0.25) is 0 Å². The third-order valence-electron chi connectivity index (χ3n) is 0.622. The van der Waals surface area contributed by atoms with Gasteiger partial charge in [-0.25, -0.2) is 15.0 Å². The highest BCUT2D eigenvalue weighted by atomic mass is 15.0. The van der Waals surface area contributed by atoms with Crippen LogP contribution in [0.4, 0.5) is 0 Å². The minimum atomic E-state index is 0. The van der Waals surface area contributed by atoms with Crippen molar-refractivity contribution in [3.05, 3.63) is 18.5 Å². The molecule has 66 valence electrons. The summed E-state index contributed by atoms with van der Waals surface area (Å²) in [5, 5.41) is 0. The van der Waals surface area contributed by atoms with Crippen molar-refractivity contribution in [1.29, 1.82) is 0 Å². The summed E-state index contributed by atoms with van der Waals surface area (Å²) in [5.41, 5.74) is 0. The molecule has 0 atom stereocenters. The van der Waals surface area contributed by atoms with Crippen molar-refractivity contribution in [1.82, 2.24) is 15.0 Å². The molecule has 0 radical (unpaired) electrons. The zero-order valence-electron chi connectivity index (χ0n) is 6.00. The first-order valence-electron chi connectivity index (χ1n) is 2.98. The molecule has 1 aromatic rings. The van der Waals surface area contributed by atoms with Crippen LogP contribution < -0.4 is 0 Å². The number of nitrogens with zero attached hydrogens (tertiary/aromatic N) is 3. The van der Waals surface area contributed by atoms with E-state index in [9.17, 15) is 0 Å². The Morgan fingerprint density at radius 2 is 1.36 bits per heavy atom. The van der Waals surface area contributed by atoms with Gasteiger partial charge in [0.2, 0.25) is 0 Å². The zero-order chi connectivity index (χ0) is 7.11. The van der Waals surface area contributed by atoms with E-state index in [1.54, 1.807) is 0 Å². The fraction of sp³-hybridized carbons (Fsp3) is 0.625. The maximum atomic E-state index is 3.76. The van der Waals surface area contributed by atoms with Crippen molar-refractivity contribution in [2.75, 3.05) is 0 Å². The fourth-order valence-corrected chi connectivity index (χ4v) is 0.297. The molecule has 0 spiro atoms. The Labute approximate surface area is 69.9 Å². The minimum absolute atomic E-state index is 0. The zero-order valence-corrected chi connectivity index (χ0v) is 6.00. The molecule has 3 heteroatoms. The predicted octanol–water partition coefficient (Wildman–Crippen LogP) is 2.48. The van der Waals surface area contributed by atoms with E-state index in [2.05, 4.69) is 15.0 Å². The van der Waals surface area contributed by atoms with Crippen LogP contribution >= 0.6 is 0 Å². The summed E-state index contributed by atoms with van der Waals surface area (Å²) in [6.07, 6.45) is 2.95. The summed E-state index contributed by atoms with van der Waals surface area (Å²) in [6.45, 7) is 5.82. The first-order valence-corrected chi connectivity index (χ1v) is 2.98. The Hall–Kier alpha value is -0.990. The fourth-order valence-electron chi connectivity index (χ4n) is 0.297. The van der Waals surface area contributed by atoms with Crippen molar-refractivity contribution in [3.8, 4) is 0 Å². The van der Waals surface area contributed by atoms with Gasteiger partial charge in [-0.1, -0.05) is 28.7 Å². The van der Waals surface area contributed by atoms with Crippen LogP contribution in [0.25, 0.3) is 0 Å². The summed E-state index contributed by atoms with van der Waals surface area (Å²) in [5.74, 6) is 0.759. The molecule has 0 unspecified atom stereocenters. The summed E-state index contributed by atoms with van der Waals surface area (Å²) < 4.78 is 0. The van der Waals surface area contributed by atoms with Crippen LogP contribution in [0.3, 0.4) is 0 Å². The maximum absolute atomic E-state index is 3.76. The van der Waals surface area contributed by atoms with Crippen LogP contribution in [-0.2, 0) is 0 Å². The molecule has 0 aliphatic heterocycles. The van der Waals surface area contributed by atoms with Gasteiger partial charge in [0, 0.05) is 0 Å². The summed E-state index contributed by atoms with van der Waals surface area (Å²) in [6, 6.07) is 0. The third kappa shape index (κ3) is 9.01. The van der Waals surface area contributed by atoms with E-state index >= 15 is 0 Å². The van der Waals surface area contributed by atoms with Gasteiger partial charge in [0.05, 0.1) is 0 Å². The predicted molar refractivity (Wildman–Crippen MR) is 49.4 cm³/mol. The molecule has 0 aliphatic carbocycles. The molecule has 0 bridgehead atoms. The lowest BCUT2D eigenvalue weighted by Crippen LogP contribution is -1.84. The standard InChI is InChI=1S/C4H5N3.C2H6.2CH4/c1-4-6-2-5-3-7-4;1-2;;/h2-3H,1H3;1-2H3;2*1H4. The van der Waals surface area contributed by atoms with Gasteiger partial charge in [-0.05, 0) is 6.92 Å². The van der Waals surface area contributed by atoms with Crippen LogP contribution in [-0.4, -0.2) is 15.0 Å². The van der Waals surface area contributed by atoms with Gasteiger partial charge in [0.1, 0.15) is 18.5 Å². The van der Waals surface area contributed by atoms with Crippen molar-refractivity contribution >= 4 is 0 Å². The van der Waals surface area contributed by atoms with Crippen molar-refractivity contribution in [2.45, 2.75) is 35.6 Å². The molecule has 0 fully saturated rings. The van der Waals surface area contributed by atoms with Crippen LogP contribution in [0.15, 0.2) is 12.7 Å². The van der Waals surface area contributed by atoms with Crippen LogP contribution in [0.1, 0.15) is 34.5 Å². The molecular formula is C8H19N3. The normalized spacial score (nSPS) is 6.09. The summed E-state index contributed by atoms with van der Waals surface area (Å²) >= 11 is 0. The second kappa shape index (κ2) is 11.8. The lowest BCUT2D eigenvalue weighted by molar-refractivity contribution is 0.974. The number of hydrogen-bond donors (Lipinski definition) is 0. The van der Waals surface area contributed by atoms with Crippen molar-refractivity contribution in [3.63, 3.8) is 0 Å². The monoisotopic (exact) mass is 157 g/mol. The number of hydrogen-bond acceptors (Lipinski definition) is 3. The highest BCUT2D eigenvalue weighted by Crippen LogP contribution is 1.74. The van der Waals surface area contributed by atoms with Gasteiger partial charge >= 0.3 is 0 Å². The van der Waals surface area contributed by atoms with Gasteiger partial charge in [0.15, 0.2) is 0 Å². The largest absolute Gasteiger partial charge is 0.225 e. The highest BCUT2D eigenvalue weighted by molar-refractivity contribution is 4.73. The molecule has 1 aromatic heterocycles. The van der Waals surface area contributed by atoms with Crippen molar-refractivity contribution in [2.24, 2.45) is 0 Å². The molecular weight excluding hydrogens is 138 g/mol. The Bertz CT molecular complexity index is 139. The van der Waals surface area contributed by atoms with Gasteiger partial charge in [0.25, 0.3) is 0 Å². The lowest BCUT2D eigenvalue weighted by Gasteiger charge is -1.80. The molecule has 0 saturated heterocycles. The van der Waals surface area contributed by atoms with Crippen LogP contribution in [0, 0.1) is 6.92 Å². The Morgan fingerprint density at radius 3 is 1.55 bits per heavy atom. The topological polar surface area (TPSA) is 38.7 Å².